The normalized spacial score (nSPS) is 25.8. The summed E-state index contributed by atoms with van der Waals surface area (Å²) in [5.74, 6) is 0.928. The predicted octanol–water partition coefficient (Wildman–Crippen LogP) is 2.45. The van der Waals surface area contributed by atoms with Crippen LogP contribution in [0, 0.1) is 5.92 Å². The van der Waals surface area contributed by atoms with E-state index in [1.807, 2.05) is 0 Å². The van der Waals surface area contributed by atoms with Gasteiger partial charge in [0.25, 0.3) is 5.91 Å². The van der Waals surface area contributed by atoms with Crippen LogP contribution in [-0.4, -0.2) is 62.2 Å². The summed E-state index contributed by atoms with van der Waals surface area (Å²) in [6, 6.07) is 6.35. The number of hydrogen-bond acceptors (Lipinski definition) is 5. The average Bonchev–Trinajstić information content (AvgIpc) is 3.06. The van der Waals surface area contributed by atoms with E-state index >= 15 is 0 Å². The highest BCUT2D eigenvalue weighted by Gasteiger charge is 2.34. The van der Waals surface area contributed by atoms with E-state index in [-0.39, 0.29) is 24.2 Å². The van der Waals surface area contributed by atoms with E-state index in [1.165, 1.54) is 12.8 Å². The molecule has 2 atom stereocenters. The van der Waals surface area contributed by atoms with E-state index in [2.05, 4.69) is 10.6 Å². The Morgan fingerprint density at radius 3 is 2.55 bits per heavy atom. The molecule has 0 aliphatic carbocycles. The van der Waals surface area contributed by atoms with E-state index < -0.39 is 0 Å². The van der Waals surface area contributed by atoms with Gasteiger partial charge in [0, 0.05) is 37.2 Å². The summed E-state index contributed by atoms with van der Waals surface area (Å²) in [4.78, 5) is 27.2. The first-order chi connectivity index (χ1) is 13.6. The number of ether oxygens (including phenoxy) is 2. The molecule has 3 aliphatic heterocycles. The van der Waals surface area contributed by atoms with Gasteiger partial charge in [-0.05, 0) is 49.8 Å². The Hall–Kier alpha value is -1.83. The number of benzene rings is 1. The summed E-state index contributed by atoms with van der Waals surface area (Å²) >= 11 is 0. The molecule has 2 amide bonds. The van der Waals surface area contributed by atoms with E-state index in [4.69, 9.17) is 9.47 Å². The number of nitrogens with zero attached hydrogens (tertiary/aromatic N) is 1. The van der Waals surface area contributed by atoms with Crippen molar-refractivity contribution in [1.82, 2.24) is 10.2 Å². The Kier molecular flexibility index (Phi) is 7.38. The number of nitrogens with one attached hydrogen (secondary N) is 2. The Balaban J connectivity index is 0.00000240. The number of fused-ring (bicyclic) bond motifs is 2. The van der Waals surface area contributed by atoms with Crippen molar-refractivity contribution in [3.63, 3.8) is 0 Å². The first-order valence-electron chi connectivity index (χ1n) is 10.2. The molecule has 0 radical (unpaired) electrons. The van der Waals surface area contributed by atoms with Crippen molar-refractivity contribution >= 4 is 29.9 Å². The largest absolute Gasteiger partial charge is 0.495 e. The van der Waals surface area contributed by atoms with E-state index in [1.54, 1.807) is 30.2 Å². The maximum absolute atomic E-state index is 12.7. The molecular weight excluding hydrogens is 394 g/mol. The minimum Gasteiger partial charge on any atom is -0.495 e. The Bertz CT molecular complexity index is 727. The third kappa shape index (κ3) is 5.21. The molecule has 2 bridgehead atoms. The summed E-state index contributed by atoms with van der Waals surface area (Å²) in [6.07, 6.45) is 5.09. The zero-order chi connectivity index (χ0) is 19.5. The quantitative estimate of drug-likeness (QED) is 0.760. The molecule has 7 nitrogen and oxygen atoms in total. The predicted molar refractivity (Wildman–Crippen MR) is 113 cm³/mol. The summed E-state index contributed by atoms with van der Waals surface area (Å²) < 4.78 is 10.7. The fourth-order valence-corrected chi connectivity index (χ4v) is 4.69. The van der Waals surface area contributed by atoms with Gasteiger partial charge in [-0.25, -0.2) is 0 Å². The van der Waals surface area contributed by atoms with Crippen molar-refractivity contribution in [2.75, 3.05) is 38.7 Å². The molecule has 8 heteroatoms. The summed E-state index contributed by atoms with van der Waals surface area (Å²) in [6.45, 7) is 2.29. The molecule has 29 heavy (non-hydrogen) atoms. The molecule has 0 aromatic heterocycles. The third-order valence-corrected chi connectivity index (χ3v) is 6.06. The molecule has 1 aromatic rings. The summed E-state index contributed by atoms with van der Waals surface area (Å²) in [5, 5.41) is 6.59. The second-order valence-electron chi connectivity index (χ2n) is 8.05. The maximum atomic E-state index is 12.7. The topological polar surface area (TPSA) is 79.9 Å². The Morgan fingerprint density at radius 2 is 1.90 bits per heavy atom. The zero-order valence-electron chi connectivity index (χ0n) is 16.8. The van der Waals surface area contributed by atoms with Gasteiger partial charge in [-0.15, -0.1) is 12.4 Å². The molecule has 2 unspecified atom stereocenters. The number of halogens is 1. The molecule has 160 valence electrons. The van der Waals surface area contributed by atoms with E-state index in [0.29, 0.717) is 67.7 Å². The van der Waals surface area contributed by atoms with Crippen LogP contribution in [0.1, 0.15) is 42.5 Å². The maximum Gasteiger partial charge on any atom is 0.254 e. The van der Waals surface area contributed by atoms with Gasteiger partial charge in [-0.1, -0.05) is 0 Å². The van der Waals surface area contributed by atoms with Gasteiger partial charge in [0.2, 0.25) is 5.91 Å². The number of methoxy groups -OCH3 is 1. The van der Waals surface area contributed by atoms with Crippen LogP contribution in [0.5, 0.6) is 5.75 Å². The number of piperidine rings is 1. The van der Waals surface area contributed by atoms with Crippen LogP contribution < -0.4 is 15.4 Å². The van der Waals surface area contributed by atoms with Crippen LogP contribution in [0.3, 0.4) is 0 Å². The molecule has 4 rings (SSSR count). The first-order valence-corrected chi connectivity index (χ1v) is 10.2. The molecule has 0 saturated carbocycles. The molecule has 3 heterocycles. The van der Waals surface area contributed by atoms with Gasteiger partial charge < -0.3 is 25.0 Å². The third-order valence-electron chi connectivity index (χ3n) is 6.06. The number of hydrogen-bond donors (Lipinski definition) is 2. The fraction of sp³-hybridized carbons (Fsp3) is 0.619. The highest BCUT2D eigenvalue weighted by Crippen LogP contribution is 2.33. The van der Waals surface area contributed by atoms with Crippen molar-refractivity contribution in [2.45, 2.75) is 44.2 Å². The van der Waals surface area contributed by atoms with Gasteiger partial charge in [-0.2, -0.15) is 0 Å². The highest BCUT2D eigenvalue weighted by molar-refractivity contribution is 5.98. The Morgan fingerprint density at radius 1 is 1.21 bits per heavy atom. The number of morpholine rings is 1. The molecule has 3 aliphatic rings. The molecule has 1 aromatic carbocycles. The lowest BCUT2D eigenvalue weighted by molar-refractivity contribution is -0.117. The van der Waals surface area contributed by atoms with Crippen LogP contribution in [0.15, 0.2) is 18.2 Å². The first kappa shape index (κ1) is 21.9. The van der Waals surface area contributed by atoms with Crippen LogP contribution in [0.2, 0.25) is 0 Å². The van der Waals surface area contributed by atoms with Crippen LogP contribution in [-0.2, 0) is 9.53 Å². The van der Waals surface area contributed by atoms with E-state index in [9.17, 15) is 9.59 Å². The lowest BCUT2D eigenvalue weighted by Crippen LogP contribution is -2.40. The average molecular weight is 424 g/mol. The lowest BCUT2D eigenvalue weighted by atomic mass is 9.89. The minimum absolute atomic E-state index is 0. The van der Waals surface area contributed by atoms with Crippen LogP contribution in [0.4, 0.5) is 5.69 Å². The highest BCUT2D eigenvalue weighted by atomic mass is 35.5. The summed E-state index contributed by atoms with van der Waals surface area (Å²) in [5.41, 5.74) is 1.11. The lowest BCUT2D eigenvalue weighted by Gasteiger charge is -2.28. The van der Waals surface area contributed by atoms with E-state index in [0.717, 1.165) is 12.8 Å². The molecule has 2 N–H and O–H groups in total. The second kappa shape index (κ2) is 9.78. The molecule has 3 fully saturated rings. The number of anilines is 1. The zero-order valence-corrected chi connectivity index (χ0v) is 17.6. The summed E-state index contributed by atoms with van der Waals surface area (Å²) in [7, 11) is 1.57. The second-order valence-corrected chi connectivity index (χ2v) is 8.05. The molecule has 3 saturated heterocycles. The fourth-order valence-electron chi connectivity index (χ4n) is 4.69. The van der Waals surface area contributed by atoms with Gasteiger partial charge in [0.15, 0.2) is 0 Å². The molecular formula is C21H30ClN3O4. The monoisotopic (exact) mass is 423 g/mol. The van der Waals surface area contributed by atoms with Crippen molar-refractivity contribution in [2.24, 2.45) is 5.92 Å². The van der Waals surface area contributed by atoms with Gasteiger partial charge in [-0.3, -0.25) is 9.59 Å². The van der Waals surface area contributed by atoms with Crippen molar-refractivity contribution in [3.05, 3.63) is 23.8 Å². The Labute approximate surface area is 177 Å². The smallest absolute Gasteiger partial charge is 0.254 e. The standard InChI is InChI=1S/C21H29N3O4.ClH/c1-27-19-5-2-15(21(26)24-6-8-28-9-7-24)13-18(19)23-20(25)12-14-10-16-3-4-17(11-14)22-16;/h2,5,13-14,16-17,22H,3-4,6-12H2,1H3,(H,23,25);1H. The van der Waals surface area contributed by atoms with Gasteiger partial charge in [0.1, 0.15) is 5.75 Å². The SMILES string of the molecule is COc1ccc(C(=O)N2CCOCC2)cc1NC(=O)CC1CC2CCC(C1)N2.Cl. The minimum atomic E-state index is -0.0450. The number of carbonyl (C=O) groups excluding carboxylic acids is 2. The number of rotatable bonds is 5. The van der Waals surface area contributed by atoms with Crippen LogP contribution in [0.25, 0.3) is 0 Å². The van der Waals surface area contributed by atoms with Gasteiger partial charge >= 0.3 is 0 Å². The van der Waals surface area contributed by atoms with Gasteiger partial charge in [0.05, 0.1) is 26.0 Å². The van der Waals surface area contributed by atoms with Crippen molar-refractivity contribution in [3.8, 4) is 5.75 Å². The number of carbonyl (C=O) groups is 2. The van der Waals surface area contributed by atoms with Crippen molar-refractivity contribution < 1.29 is 19.1 Å². The van der Waals surface area contributed by atoms with Crippen LogP contribution >= 0.6 is 12.4 Å². The van der Waals surface area contributed by atoms with Crippen molar-refractivity contribution in [1.29, 1.82) is 0 Å². The molecule has 0 spiro atoms. The number of amides is 2.